The molecule has 0 spiro atoms. The number of hydrogen-bond acceptors (Lipinski definition) is 4. The van der Waals surface area contributed by atoms with Crippen LogP contribution in [-0.4, -0.2) is 30.2 Å². The number of hydrogen-bond donors (Lipinski definition) is 2. The number of nitrogens with zero attached hydrogens (tertiary/aromatic N) is 3. The summed E-state index contributed by atoms with van der Waals surface area (Å²) in [6.45, 7) is 3.75. The number of rotatable bonds is 4. The van der Waals surface area contributed by atoms with Crippen molar-refractivity contribution in [1.29, 1.82) is 0 Å². The van der Waals surface area contributed by atoms with Gasteiger partial charge in [0.1, 0.15) is 12.2 Å². The SMILES string of the molecule is CCC(C)n1c(=O)[nH]c(=O)c2c1nc(CC(=O)O)n2C. The summed E-state index contributed by atoms with van der Waals surface area (Å²) in [5.41, 5.74) is -0.652. The lowest BCUT2D eigenvalue weighted by Crippen LogP contribution is -2.32. The molecular weight excluding hydrogens is 264 g/mol. The number of carboxylic acids is 1. The van der Waals surface area contributed by atoms with E-state index in [-0.39, 0.29) is 29.5 Å². The molecule has 0 bridgehead atoms. The van der Waals surface area contributed by atoms with Gasteiger partial charge in [-0.05, 0) is 13.3 Å². The largest absolute Gasteiger partial charge is 0.481 e. The topological polar surface area (TPSA) is 110 Å². The van der Waals surface area contributed by atoms with Crippen LogP contribution < -0.4 is 11.2 Å². The smallest absolute Gasteiger partial charge is 0.330 e. The molecule has 108 valence electrons. The Morgan fingerprint density at radius 2 is 2.10 bits per heavy atom. The number of fused-ring (bicyclic) bond motifs is 1. The van der Waals surface area contributed by atoms with E-state index >= 15 is 0 Å². The normalized spacial score (nSPS) is 12.8. The second kappa shape index (κ2) is 4.95. The second-order valence-corrected chi connectivity index (χ2v) is 4.72. The van der Waals surface area contributed by atoms with Crippen molar-refractivity contribution in [2.75, 3.05) is 0 Å². The zero-order valence-corrected chi connectivity index (χ0v) is 11.5. The molecule has 2 rings (SSSR count). The van der Waals surface area contributed by atoms with Crippen LogP contribution in [0.5, 0.6) is 0 Å². The van der Waals surface area contributed by atoms with Gasteiger partial charge in [-0.2, -0.15) is 0 Å². The Balaban J connectivity index is 2.85. The van der Waals surface area contributed by atoms with Gasteiger partial charge in [0.15, 0.2) is 11.2 Å². The summed E-state index contributed by atoms with van der Waals surface area (Å²) < 4.78 is 2.81. The molecular formula is C12H16N4O4. The molecule has 0 fully saturated rings. The van der Waals surface area contributed by atoms with Crippen LogP contribution in [-0.2, 0) is 18.3 Å². The highest BCUT2D eigenvalue weighted by Gasteiger charge is 2.19. The summed E-state index contributed by atoms with van der Waals surface area (Å²) in [5, 5.41) is 8.86. The summed E-state index contributed by atoms with van der Waals surface area (Å²) in [6, 6.07) is -0.144. The quantitative estimate of drug-likeness (QED) is 0.820. The fourth-order valence-electron chi connectivity index (χ4n) is 2.15. The lowest BCUT2D eigenvalue weighted by molar-refractivity contribution is -0.136. The van der Waals surface area contributed by atoms with Gasteiger partial charge in [0.2, 0.25) is 0 Å². The average Bonchev–Trinajstić information content (AvgIpc) is 2.65. The minimum Gasteiger partial charge on any atom is -0.481 e. The van der Waals surface area contributed by atoms with Gasteiger partial charge in [-0.1, -0.05) is 6.92 Å². The highest BCUT2D eigenvalue weighted by molar-refractivity contribution is 5.74. The van der Waals surface area contributed by atoms with E-state index < -0.39 is 17.2 Å². The van der Waals surface area contributed by atoms with Crippen LogP contribution in [0, 0.1) is 0 Å². The molecule has 1 atom stereocenters. The molecule has 8 heteroatoms. The van der Waals surface area contributed by atoms with Crippen LogP contribution >= 0.6 is 0 Å². The predicted octanol–water partition coefficient (Wildman–Crippen LogP) is 0.0214. The summed E-state index contributed by atoms with van der Waals surface area (Å²) in [5.74, 6) is -0.807. The molecule has 0 aliphatic carbocycles. The molecule has 8 nitrogen and oxygen atoms in total. The van der Waals surface area contributed by atoms with E-state index in [1.54, 1.807) is 7.05 Å². The fourth-order valence-corrected chi connectivity index (χ4v) is 2.15. The lowest BCUT2D eigenvalue weighted by Gasteiger charge is -2.12. The molecule has 2 aromatic rings. The third-order valence-corrected chi connectivity index (χ3v) is 3.39. The van der Waals surface area contributed by atoms with Gasteiger partial charge in [-0.25, -0.2) is 9.78 Å². The van der Waals surface area contributed by atoms with Crippen LogP contribution in [0.4, 0.5) is 0 Å². The zero-order valence-electron chi connectivity index (χ0n) is 11.5. The van der Waals surface area contributed by atoms with Gasteiger partial charge >= 0.3 is 11.7 Å². The summed E-state index contributed by atoms with van der Waals surface area (Å²) >= 11 is 0. The summed E-state index contributed by atoms with van der Waals surface area (Å²) in [4.78, 5) is 41.1. The van der Waals surface area contributed by atoms with Gasteiger partial charge in [-0.3, -0.25) is 19.1 Å². The molecule has 2 N–H and O–H groups in total. The van der Waals surface area contributed by atoms with Gasteiger partial charge in [-0.15, -0.1) is 0 Å². The first-order chi connectivity index (χ1) is 9.36. The Hall–Kier alpha value is -2.38. The van der Waals surface area contributed by atoms with Gasteiger partial charge in [0.05, 0.1) is 0 Å². The van der Waals surface area contributed by atoms with E-state index in [4.69, 9.17) is 5.11 Å². The summed E-state index contributed by atoms with van der Waals surface area (Å²) in [7, 11) is 1.56. The van der Waals surface area contributed by atoms with E-state index in [2.05, 4.69) is 9.97 Å². The first-order valence-corrected chi connectivity index (χ1v) is 6.28. The summed E-state index contributed by atoms with van der Waals surface area (Å²) in [6.07, 6.45) is 0.380. The van der Waals surface area contributed by atoms with Gasteiger partial charge in [0.25, 0.3) is 5.56 Å². The van der Waals surface area contributed by atoms with Crippen molar-refractivity contribution in [2.24, 2.45) is 7.05 Å². The number of carbonyl (C=O) groups is 1. The van der Waals surface area contributed by atoms with E-state index in [0.29, 0.717) is 6.42 Å². The van der Waals surface area contributed by atoms with Crippen LogP contribution in [0.3, 0.4) is 0 Å². The number of aromatic nitrogens is 4. The third kappa shape index (κ3) is 2.13. The standard InChI is InChI=1S/C12H16N4O4/c1-4-6(2)16-10-9(11(19)14-12(16)20)15(3)7(13-10)5-8(17)18/h6H,4-5H2,1-3H3,(H,17,18)(H,14,19,20). The number of H-pyrrole nitrogens is 1. The van der Waals surface area contributed by atoms with Crippen LogP contribution in [0.15, 0.2) is 9.59 Å². The molecule has 0 saturated heterocycles. The minimum absolute atomic E-state index is 0.144. The van der Waals surface area contributed by atoms with Crippen molar-refractivity contribution in [3.63, 3.8) is 0 Å². The van der Waals surface area contributed by atoms with Crippen molar-refractivity contribution >= 4 is 17.1 Å². The number of aliphatic carboxylic acids is 1. The van der Waals surface area contributed by atoms with Crippen molar-refractivity contribution in [3.8, 4) is 0 Å². The molecule has 0 amide bonds. The monoisotopic (exact) mass is 280 g/mol. The first kappa shape index (κ1) is 14.0. The average molecular weight is 280 g/mol. The Bertz CT molecular complexity index is 783. The molecule has 2 heterocycles. The van der Waals surface area contributed by atoms with Gasteiger partial charge < -0.3 is 9.67 Å². The molecule has 2 aromatic heterocycles. The third-order valence-electron chi connectivity index (χ3n) is 3.39. The van der Waals surface area contributed by atoms with E-state index in [0.717, 1.165) is 0 Å². The minimum atomic E-state index is -1.04. The number of aromatic amines is 1. The maximum Gasteiger partial charge on any atom is 0.330 e. The van der Waals surface area contributed by atoms with Crippen LogP contribution in [0.1, 0.15) is 32.1 Å². The Labute approximate surface area is 113 Å². The Morgan fingerprint density at radius 1 is 1.45 bits per heavy atom. The van der Waals surface area contributed by atoms with E-state index in [1.807, 2.05) is 13.8 Å². The molecule has 1 unspecified atom stereocenters. The Morgan fingerprint density at radius 3 is 2.65 bits per heavy atom. The van der Waals surface area contributed by atoms with E-state index in [1.165, 1.54) is 9.13 Å². The van der Waals surface area contributed by atoms with Gasteiger partial charge in [0, 0.05) is 13.1 Å². The molecule has 0 aromatic carbocycles. The number of carboxylic acid groups (broad SMARTS) is 1. The highest BCUT2D eigenvalue weighted by Crippen LogP contribution is 2.15. The van der Waals surface area contributed by atoms with Crippen molar-refractivity contribution in [1.82, 2.24) is 19.1 Å². The maximum atomic E-state index is 11.9. The Kier molecular flexibility index (Phi) is 3.47. The van der Waals surface area contributed by atoms with Crippen LogP contribution in [0.2, 0.25) is 0 Å². The molecule has 0 aliphatic rings. The first-order valence-electron chi connectivity index (χ1n) is 6.28. The predicted molar refractivity (Wildman–Crippen MR) is 71.9 cm³/mol. The maximum absolute atomic E-state index is 11.9. The number of aryl methyl sites for hydroxylation is 1. The number of imidazole rings is 1. The molecule has 0 aliphatic heterocycles. The van der Waals surface area contributed by atoms with E-state index in [9.17, 15) is 14.4 Å². The zero-order chi connectivity index (χ0) is 15.0. The molecule has 0 saturated carbocycles. The second-order valence-electron chi connectivity index (χ2n) is 4.72. The number of nitrogens with one attached hydrogen (secondary N) is 1. The highest BCUT2D eigenvalue weighted by atomic mass is 16.4. The van der Waals surface area contributed by atoms with Crippen LogP contribution in [0.25, 0.3) is 11.2 Å². The van der Waals surface area contributed by atoms with Crippen molar-refractivity contribution < 1.29 is 9.90 Å². The molecule has 0 radical (unpaired) electrons. The van der Waals surface area contributed by atoms with Crippen molar-refractivity contribution in [2.45, 2.75) is 32.7 Å². The lowest BCUT2D eigenvalue weighted by atomic mass is 10.2. The molecule has 20 heavy (non-hydrogen) atoms. The van der Waals surface area contributed by atoms with Crippen molar-refractivity contribution in [3.05, 3.63) is 26.7 Å². The fraction of sp³-hybridized carbons (Fsp3) is 0.500.